The van der Waals surface area contributed by atoms with Crippen LogP contribution in [-0.2, 0) is 6.42 Å². The molecule has 0 radical (unpaired) electrons. The standard InChI is InChI=1S/C38H60O4.C20H33.ClH.Mg/c1-12-17-28(2)18-13-19-29(3)20-14-21-30(4)22-15-23-31(5)24-16-25-32(6)26-27-34-33(7)35(39-8)37(41-10)38(42-11)36(34)40-9;1-7-18(4)12-9-14-20(6)16-10-15-19(5)13-8-11-17(2)3;;/h18,20,22,24,26H,12-17,19,21,23,25,27H2,1-11H3;7,11,14-15H,1,8-10,12-13,16H2,2-6H3;1H;/q;-1;;+2/p-1/b28-18+,29-20+,30-22+,31-24+,32-26+;18-7+,19-15+,20-14+;;. The molecule has 0 aliphatic rings. The first-order valence-corrected chi connectivity index (χ1v) is 23.6. The Morgan fingerprint density at radius 1 is 0.406 bits per heavy atom. The smallest absolute Gasteiger partial charge is 1.00 e. The maximum Gasteiger partial charge on any atom is 2.00 e. The van der Waals surface area contributed by atoms with Crippen LogP contribution in [0.25, 0.3) is 0 Å². The van der Waals surface area contributed by atoms with E-state index in [4.69, 9.17) is 18.9 Å². The molecule has 0 N–H and O–H groups in total. The summed E-state index contributed by atoms with van der Waals surface area (Å²) in [6, 6.07) is 0. The molecule has 0 aromatic heterocycles. The van der Waals surface area contributed by atoms with Crippen molar-refractivity contribution >= 4 is 23.1 Å². The van der Waals surface area contributed by atoms with Gasteiger partial charge in [-0.1, -0.05) is 113 Å². The Morgan fingerprint density at radius 3 is 0.984 bits per heavy atom. The zero-order chi connectivity index (χ0) is 46.9. The van der Waals surface area contributed by atoms with Crippen LogP contribution in [0.5, 0.6) is 23.0 Å². The van der Waals surface area contributed by atoms with Gasteiger partial charge in [-0.25, -0.2) is 18.6 Å². The van der Waals surface area contributed by atoms with Crippen molar-refractivity contribution in [3.05, 3.63) is 123 Å². The van der Waals surface area contributed by atoms with Gasteiger partial charge in [0.25, 0.3) is 0 Å². The van der Waals surface area contributed by atoms with E-state index in [9.17, 15) is 0 Å². The van der Waals surface area contributed by atoms with Gasteiger partial charge >= 0.3 is 23.1 Å². The minimum atomic E-state index is 0. The number of benzene rings is 1. The monoisotopic (exact) mass is 913 g/mol. The molecule has 358 valence electrons. The van der Waals surface area contributed by atoms with Gasteiger partial charge in [0.05, 0.1) is 28.4 Å². The number of rotatable bonds is 29. The van der Waals surface area contributed by atoms with Crippen molar-refractivity contribution in [3.8, 4) is 23.0 Å². The summed E-state index contributed by atoms with van der Waals surface area (Å²) < 4.78 is 22.6. The van der Waals surface area contributed by atoms with Crippen molar-refractivity contribution in [1.29, 1.82) is 0 Å². The Morgan fingerprint density at radius 2 is 0.688 bits per heavy atom. The summed E-state index contributed by atoms with van der Waals surface area (Å²) in [6.45, 7) is 30.3. The Labute approximate surface area is 418 Å². The van der Waals surface area contributed by atoms with E-state index in [0.717, 1.165) is 68.9 Å². The summed E-state index contributed by atoms with van der Waals surface area (Å²) in [6.07, 6.45) is 40.2. The molecule has 0 amide bonds. The van der Waals surface area contributed by atoms with Crippen molar-refractivity contribution in [3.63, 3.8) is 0 Å². The van der Waals surface area contributed by atoms with Crippen LogP contribution in [0.15, 0.2) is 105 Å². The molecule has 4 nitrogen and oxygen atoms in total. The normalized spacial score (nSPS) is 13.1. The molecule has 0 atom stereocenters. The van der Waals surface area contributed by atoms with E-state index in [1.807, 2.05) is 13.0 Å². The van der Waals surface area contributed by atoms with Crippen molar-refractivity contribution in [2.45, 2.75) is 192 Å². The van der Waals surface area contributed by atoms with Gasteiger partial charge in [0.15, 0.2) is 11.5 Å². The number of allylic oxidation sites excluding steroid dienone is 18. The summed E-state index contributed by atoms with van der Waals surface area (Å²) >= 11 is 0. The second kappa shape index (κ2) is 40.3. The maximum atomic E-state index is 5.74. The average molecular weight is 914 g/mol. The summed E-state index contributed by atoms with van der Waals surface area (Å²) in [7, 11) is 6.57. The van der Waals surface area contributed by atoms with Gasteiger partial charge in [0.1, 0.15) is 0 Å². The molecule has 0 aliphatic heterocycles. The number of ether oxygens (including phenoxy) is 4. The molecule has 6 heteroatoms. The van der Waals surface area contributed by atoms with Crippen LogP contribution in [-0.4, -0.2) is 51.5 Å². The van der Waals surface area contributed by atoms with E-state index in [1.165, 1.54) is 102 Å². The van der Waals surface area contributed by atoms with Gasteiger partial charge in [-0.05, 0) is 166 Å². The zero-order valence-electron chi connectivity index (χ0n) is 44.1. The van der Waals surface area contributed by atoms with Crippen LogP contribution in [0.3, 0.4) is 0 Å². The first kappa shape index (κ1) is 65.3. The largest absolute Gasteiger partial charge is 2.00 e. The van der Waals surface area contributed by atoms with Crippen LogP contribution in [0.4, 0.5) is 0 Å². The zero-order valence-corrected chi connectivity index (χ0v) is 46.3. The Bertz CT molecular complexity index is 1730. The average Bonchev–Trinajstić information content (AvgIpc) is 3.22. The topological polar surface area (TPSA) is 36.9 Å². The molecule has 0 bridgehead atoms. The van der Waals surface area contributed by atoms with E-state index in [-0.39, 0.29) is 35.5 Å². The fraction of sp³-hybridized carbons (Fsp3) is 0.569. The van der Waals surface area contributed by atoms with E-state index in [2.05, 4.69) is 132 Å². The number of methoxy groups -OCH3 is 4. The van der Waals surface area contributed by atoms with E-state index < -0.39 is 0 Å². The molecule has 0 unspecified atom stereocenters. The van der Waals surface area contributed by atoms with Crippen LogP contribution >= 0.6 is 0 Å². The number of halogens is 1. The summed E-state index contributed by atoms with van der Waals surface area (Å²) in [5.74, 6) is 2.52. The van der Waals surface area contributed by atoms with Crippen molar-refractivity contribution in [1.82, 2.24) is 0 Å². The third-order valence-corrected chi connectivity index (χ3v) is 11.4. The molecule has 0 saturated heterocycles. The summed E-state index contributed by atoms with van der Waals surface area (Å²) in [5.41, 5.74) is 15.3. The predicted molar refractivity (Wildman–Crippen MR) is 281 cm³/mol. The van der Waals surface area contributed by atoms with Crippen molar-refractivity contribution in [2.75, 3.05) is 28.4 Å². The van der Waals surface area contributed by atoms with Gasteiger partial charge in [0, 0.05) is 11.1 Å². The maximum absolute atomic E-state index is 5.74. The fourth-order valence-corrected chi connectivity index (χ4v) is 7.25. The van der Waals surface area contributed by atoms with Gasteiger partial charge in [0.2, 0.25) is 11.5 Å². The second-order valence-electron chi connectivity index (χ2n) is 17.6. The number of hydrogen-bond donors (Lipinski definition) is 0. The minimum absolute atomic E-state index is 0. The summed E-state index contributed by atoms with van der Waals surface area (Å²) in [4.78, 5) is 0. The molecular weight excluding hydrogens is 820 g/mol. The fourth-order valence-electron chi connectivity index (χ4n) is 7.25. The van der Waals surface area contributed by atoms with Gasteiger partial charge in [-0.15, -0.1) is 6.92 Å². The van der Waals surface area contributed by atoms with Crippen molar-refractivity contribution < 1.29 is 31.4 Å². The predicted octanol–water partition coefficient (Wildman–Crippen LogP) is 14.8. The molecule has 1 aromatic carbocycles. The van der Waals surface area contributed by atoms with Gasteiger partial charge in [-0.2, -0.15) is 0 Å². The van der Waals surface area contributed by atoms with E-state index in [1.54, 1.807) is 28.4 Å². The van der Waals surface area contributed by atoms with Crippen LogP contribution in [0.2, 0.25) is 0 Å². The molecule has 0 spiro atoms. The Kier molecular flexibility index (Phi) is 41.1. The third-order valence-electron chi connectivity index (χ3n) is 11.4. The quantitative estimate of drug-likeness (QED) is 0.0456. The molecular formula is C58H93ClMgO4. The van der Waals surface area contributed by atoms with E-state index in [0.29, 0.717) is 23.0 Å². The number of hydrogen-bond acceptors (Lipinski definition) is 4. The van der Waals surface area contributed by atoms with Gasteiger partial charge in [-0.3, -0.25) is 0 Å². The minimum Gasteiger partial charge on any atom is -1.00 e. The first-order chi connectivity index (χ1) is 29.6. The van der Waals surface area contributed by atoms with Crippen molar-refractivity contribution in [2.24, 2.45) is 0 Å². The first-order valence-electron chi connectivity index (χ1n) is 23.6. The van der Waals surface area contributed by atoms with Crippen LogP contribution < -0.4 is 31.4 Å². The van der Waals surface area contributed by atoms with Gasteiger partial charge < -0.3 is 31.4 Å². The second-order valence-corrected chi connectivity index (χ2v) is 17.6. The van der Waals surface area contributed by atoms with Crippen LogP contribution in [0, 0.1) is 13.8 Å². The Balaban J connectivity index is -0.00000143. The third kappa shape index (κ3) is 30.3. The molecule has 1 rings (SSSR count). The molecule has 1 aromatic rings. The molecule has 0 heterocycles. The molecule has 64 heavy (non-hydrogen) atoms. The molecule has 0 fully saturated rings. The summed E-state index contributed by atoms with van der Waals surface area (Å²) in [5, 5.41) is 0. The molecule has 0 aliphatic carbocycles. The van der Waals surface area contributed by atoms with Crippen LogP contribution in [0.1, 0.15) is 190 Å². The Hall–Kier alpha value is -2.99. The van der Waals surface area contributed by atoms with E-state index >= 15 is 0 Å². The SMILES string of the molecule is CCC/C(C)=C/CC/C(C)=C/CC/C(C)=C/CC/C(C)=C/CC/C(C)=C/Cc1c(C)c(OC)c(OC)c(OC)c1OC.[CH2-]/C=C(\C)CC/C=C(\C)CC/C=C(\C)CCC=C(C)C.[Cl-].[Mg+2]. The molecule has 0 saturated carbocycles.